The first kappa shape index (κ1) is 24.6. The molecular weight excluding hydrogens is 538 g/mol. The maximum atomic E-state index is 6.70. The lowest BCUT2D eigenvalue weighted by molar-refractivity contribution is 0.669. The van der Waals surface area contributed by atoms with Crippen molar-refractivity contribution < 1.29 is 4.42 Å². The summed E-state index contributed by atoms with van der Waals surface area (Å²) in [4.78, 5) is 10.5. The normalized spacial score (nSPS) is 11.6. The van der Waals surface area contributed by atoms with Gasteiger partial charge in [0.15, 0.2) is 5.82 Å². The van der Waals surface area contributed by atoms with Crippen molar-refractivity contribution in [3.63, 3.8) is 0 Å². The quantitative estimate of drug-likeness (QED) is 0.214. The molecule has 0 amide bonds. The summed E-state index contributed by atoms with van der Waals surface area (Å²) >= 11 is 0. The summed E-state index contributed by atoms with van der Waals surface area (Å²) in [6.45, 7) is 0. The molecule has 0 radical (unpaired) electrons. The van der Waals surface area contributed by atoms with Crippen LogP contribution in [0.5, 0.6) is 0 Å². The van der Waals surface area contributed by atoms with Gasteiger partial charge in [-0.25, -0.2) is 9.97 Å². The first-order chi connectivity index (χ1) is 21.8. The minimum atomic E-state index is 0.617. The highest BCUT2D eigenvalue weighted by Gasteiger charge is 2.23. The number of hydrogen-bond acceptors (Lipinski definition) is 3. The van der Waals surface area contributed by atoms with Crippen LogP contribution in [0.4, 0.5) is 0 Å². The highest BCUT2D eigenvalue weighted by Crippen LogP contribution is 2.42. The van der Waals surface area contributed by atoms with Gasteiger partial charge >= 0.3 is 0 Å². The third-order valence-corrected chi connectivity index (χ3v) is 8.43. The Kier molecular flexibility index (Phi) is 5.47. The van der Waals surface area contributed by atoms with Crippen LogP contribution in [0.25, 0.3) is 83.3 Å². The van der Waals surface area contributed by atoms with Crippen LogP contribution in [0, 0.1) is 0 Å². The fraction of sp³-hybridized carbons (Fsp3) is 0. The van der Waals surface area contributed by atoms with Crippen LogP contribution in [-0.4, -0.2) is 14.5 Å². The van der Waals surface area contributed by atoms with Crippen molar-refractivity contribution in [2.75, 3.05) is 0 Å². The van der Waals surface area contributed by atoms with Crippen LogP contribution in [0.3, 0.4) is 0 Å². The molecule has 0 atom stereocenters. The summed E-state index contributed by atoms with van der Waals surface area (Å²) in [5.41, 5.74) is 9.46. The van der Waals surface area contributed by atoms with E-state index in [1.54, 1.807) is 0 Å². The number of fused-ring (bicyclic) bond motifs is 6. The third kappa shape index (κ3) is 3.78. The van der Waals surface area contributed by atoms with E-state index in [0.717, 1.165) is 66.7 Å². The van der Waals surface area contributed by atoms with Gasteiger partial charge in [-0.15, -0.1) is 0 Å². The van der Waals surface area contributed by atoms with Crippen molar-refractivity contribution in [2.45, 2.75) is 0 Å². The largest absolute Gasteiger partial charge is 0.455 e. The van der Waals surface area contributed by atoms with Gasteiger partial charge in [-0.1, -0.05) is 115 Å². The van der Waals surface area contributed by atoms with Crippen LogP contribution in [0.15, 0.2) is 156 Å². The first-order valence-corrected chi connectivity index (χ1v) is 14.8. The molecule has 4 heteroatoms. The summed E-state index contributed by atoms with van der Waals surface area (Å²) < 4.78 is 9.03. The molecule has 3 heterocycles. The Morgan fingerprint density at radius 3 is 1.59 bits per heavy atom. The highest BCUT2D eigenvalue weighted by molar-refractivity contribution is 6.13. The maximum Gasteiger partial charge on any atom is 0.166 e. The Balaban J connectivity index is 1.44. The summed E-state index contributed by atoms with van der Waals surface area (Å²) in [5, 5.41) is 4.50. The zero-order valence-corrected chi connectivity index (χ0v) is 23.7. The maximum absolute atomic E-state index is 6.70. The Bertz CT molecular complexity index is 2380. The van der Waals surface area contributed by atoms with Crippen LogP contribution in [0.2, 0.25) is 0 Å². The molecule has 6 aromatic carbocycles. The van der Waals surface area contributed by atoms with Crippen LogP contribution < -0.4 is 0 Å². The fourth-order valence-electron chi connectivity index (χ4n) is 6.44. The van der Waals surface area contributed by atoms with Crippen molar-refractivity contribution in [3.8, 4) is 39.6 Å². The molecule has 3 aromatic heterocycles. The molecule has 9 aromatic rings. The zero-order valence-electron chi connectivity index (χ0n) is 23.7. The predicted molar refractivity (Wildman–Crippen MR) is 180 cm³/mol. The molecule has 0 saturated heterocycles. The number of rotatable bonds is 4. The van der Waals surface area contributed by atoms with Gasteiger partial charge in [0, 0.05) is 32.7 Å². The average molecular weight is 564 g/mol. The van der Waals surface area contributed by atoms with Crippen molar-refractivity contribution in [1.82, 2.24) is 14.5 Å². The van der Waals surface area contributed by atoms with Crippen LogP contribution in [-0.2, 0) is 0 Å². The van der Waals surface area contributed by atoms with Gasteiger partial charge in [-0.3, -0.25) is 0 Å². The van der Waals surface area contributed by atoms with Crippen molar-refractivity contribution >= 4 is 43.7 Å². The van der Waals surface area contributed by atoms with Crippen molar-refractivity contribution in [3.05, 3.63) is 152 Å². The van der Waals surface area contributed by atoms with E-state index < -0.39 is 0 Å². The number of para-hydroxylation sites is 3. The SMILES string of the molecule is c1ccc(-c2cc(-c3ccccc3)nc(-c3c(-n4c5ccccc5c5ccccc54)ccc4c3oc3ccccc34)n2)cc1. The van der Waals surface area contributed by atoms with Crippen LogP contribution in [0.1, 0.15) is 0 Å². The van der Waals surface area contributed by atoms with Gasteiger partial charge < -0.3 is 8.98 Å². The zero-order chi connectivity index (χ0) is 29.0. The van der Waals surface area contributed by atoms with E-state index >= 15 is 0 Å². The van der Waals surface area contributed by atoms with Gasteiger partial charge in [-0.05, 0) is 36.4 Å². The minimum absolute atomic E-state index is 0.617. The van der Waals surface area contributed by atoms with Crippen molar-refractivity contribution in [1.29, 1.82) is 0 Å². The molecular formula is C40H25N3O. The second-order valence-corrected chi connectivity index (χ2v) is 11.0. The second kappa shape index (κ2) is 9.79. The standard InChI is InChI=1S/C40H25N3O/c1-3-13-26(14-4-1)32-25-33(27-15-5-2-6-16-27)42-40(41-32)38-36(24-23-31-30-19-9-12-22-37(30)44-39(31)38)43-34-20-10-7-17-28(34)29-18-8-11-21-35(29)43/h1-25H. The topological polar surface area (TPSA) is 43.9 Å². The third-order valence-electron chi connectivity index (χ3n) is 8.43. The number of furan rings is 1. The highest BCUT2D eigenvalue weighted by atomic mass is 16.3. The monoisotopic (exact) mass is 563 g/mol. The molecule has 0 bridgehead atoms. The number of aromatic nitrogens is 3. The van der Waals surface area contributed by atoms with E-state index in [9.17, 15) is 0 Å². The van der Waals surface area contributed by atoms with Gasteiger partial charge in [0.05, 0.1) is 33.7 Å². The lowest BCUT2D eigenvalue weighted by atomic mass is 10.0. The first-order valence-electron chi connectivity index (χ1n) is 14.8. The van der Waals surface area contributed by atoms with Gasteiger partial charge in [0.1, 0.15) is 11.2 Å². The fourth-order valence-corrected chi connectivity index (χ4v) is 6.44. The van der Waals surface area contributed by atoms with E-state index in [4.69, 9.17) is 14.4 Å². The second-order valence-electron chi connectivity index (χ2n) is 11.0. The number of hydrogen-bond donors (Lipinski definition) is 0. The molecule has 0 aliphatic rings. The van der Waals surface area contributed by atoms with E-state index in [2.05, 4.69) is 108 Å². The Morgan fingerprint density at radius 1 is 0.455 bits per heavy atom. The predicted octanol–water partition coefficient (Wildman–Crippen LogP) is 10.5. The van der Waals surface area contributed by atoms with Gasteiger partial charge in [-0.2, -0.15) is 0 Å². The van der Waals surface area contributed by atoms with Crippen LogP contribution >= 0.6 is 0 Å². The van der Waals surface area contributed by atoms with Gasteiger partial charge in [0.25, 0.3) is 0 Å². The summed E-state index contributed by atoms with van der Waals surface area (Å²) in [6, 6.07) is 52.4. The Morgan fingerprint density at radius 2 is 0.977 bits per heavy atom. The Labute approximate surface area is 253 Å². The molecule has 44 heavy (non-hydrogen) atoms. The molecule has 0 aliphatic heterocycles. The van der Waals surface area contributed by atoms with Gasteiger partial charge in [0.2, 0.25) is 0 Å². The van der Waals surface area contributed by atoms with E-state index in [0.29, 0.717) is 5.82 Å². The molecule has 0 unspecified atom stereocenters. The van der Waals surface area contributed by atoms with E-state index in [-0.39, 0.29) is 0 Å². The number of benzene rings is 6. The summed E-state index contributed by atoms with van der Waals surface area (Å²) in [7, 11) is 0. The molecule has 9 rings (SSSR count). The molecule has 0 aliphatic carbocycles. The average Bonchev–Trinajstić information content (AvgIpc) is 3.64. The molecule has 0 saturated carbocycles. The lowest BCUT2D eigenvalue weighted by Crippen LogP contribution is -2.02. The molecule has 206 valence electrons. The summed E-state index contributed by atoms with van der Waals surface area (Å²) in [6.07, 6.45) is 0. The smallest absolute Gasteiger partial charge is 0.166 e. The number of nitrogens with zero attached hydrogens (tertiary/aromatic N) is 3. The van der Waals surface area contributed by atoms with E-state index in [1.165, 1.54) is 10.8 Å². The molecule has 0 N–H and O–H groups in total. The summed E-state index contributed by atoms with van der Waals surface area (Å²) in [5.74, 6) is 0.617. The minimum Gasteiger partial charge on any atom is -0.455 e. The lowest BCUT2D eigenvalue weighted by Gasteiger charge is -2.15. The molecule has 4 nitrogen and oxygen atoms in total. The molecule has 0 fully saturated rings. The van der Waals surface area contributed by atoms with Crippen molar-refractivity contribution in [2.24, 2.45) is 0 Å². The Hall–Kier alpha value is -6.00. The molecule has 0 spiro atoms. The van der Waals surface area contributed by atoms with E-state index in [1.807, 2.05) is 48.5 Å².